The summed E-state index contributed by atoms with van der Waals surface area (Å²) in [6.07, 6.45) is 1.75. The Morgan fingerprint density at radius 2 is 1.65 bits per heavy atom. The summed E-state index contributed by atoms with van der Waals surface area (Å²) >= 11 is 0. The van der Waals surface area contributed by atoms with Gasteiger partial charge in [-0.2, -0.15) is 0 Å². The highest BCUT2D eigenvalue weighted by molar-refractivity contribution is 6.01. The molecule has 0 fully saturated rings. The van der Waals surface area contributed by atoms with Crippen LogP contribution < -0.4 is 14.8 Å². The third-order valence-corrected chi connectivity index (χ3v) is 4.02. The van der Waals surface area contributed by atoms with Gasteiger partial charge in [-0.15, -0.1) is 0 Å². The van der Waals surface area contributed by atoms with Gasteiger partial charge in [-0.3, -0.25) is 4.79 Å². The maximum absolute atomic E-state index is 12.2. The largest absolute Gasteiger partial charge is 0.493 e. The van der Waals surface area contributed by atoms with Crippen LogP contribution in [-0.4, -0.2) is 31.2 Å². The average molecular weight is 357 g/mol. The first-order chi connectivity index (χ1) is 12.4. The summed E-state index contributed by atoms with van der Waals surface area (Å²) in [4.78, 5) is 23.7. The molecule has 0 heterocycles. The summed E-state index contributed by atoms with van der Waals surface area (Å²) in [7, 11) is 2.87. The number of aryl methyl sites for hydroxylation is 2. The molecule has 2 aromatic carbocycles. The molecule has 6 nitrogen and oxygen atoms in total. The number of carbonyl (C=O) groups is 2. The Morgan fingerprint density at radius 3 is 2.23 bits per heavy atom. The van der Waals surface area contributed by atoms with E-state index in [1.807, 2.05) is 31.2 Å². The molecular weight excluding hydrogens is 334 g/mol. The Balaban J connectivity index is 2.03. The Morgan fingerprint density at radius 1 is 1.04 bits per heavy atom. The number of methoxy groups -OCH3 is 2. The first-order valence-electron chi connectivity index (χ1n) is 8.29. The van der Waals surface area contributed by atoms with Gasteiger partial charge in [0.25, 0.3) is 0 Å². The minimum atomic E-state index is -1.15. The van der Waals surface area contributed by atoms with E-state index in [0.717, 1.165) is 6.42 Å². The molecule has 0 saturated heterocycles. The van der Waals surface area contributed by atoms with Crippen molar-refractivity contribution in [3.05, 3.63) is 53.1 Å². The lowest BCUT2D eigenvalue weighted by molar-refractivity contribution is -0.116. The lowest BCUT2D eigenvalue weighted by atomic mass is 10.1. The molecule has 0 aliphatic heterocycles. The number of carbonyl (C=O) groups excluding carboxylic acids is 1. The van der Waals surface area contributed by atoms with E-state index in [0.29, 0.717) is 24.3 Å². The average Bonchev–Trinajstić information content (AvgIpc) is 2.62. The molecule has 138 valence electrons. The van der Waals surface area contributed by atoms with Crippen LogP contribution in [0.15, 0.2) is 36.4 Å². The molecule has 2 rings (SSSR count). The number of anilines is 1. The number of carboxylic acid groups (broad SMARTS) is 1. The zero-order chi connectivity index (χ0) is 19.1. The van der Waals surface area contributed by atoms with Crippen LogP contribution in [0, 0.1) is 6.92 Å². The summed E-state index contributed by atoms with van der Waals surface area (Å²) < 4.78 is 10.3. The Labute approximate surface area is 152 Å². The van der Waals surface area contributed by atoms with Gasteiger partial charge in [0.2, 0.25) is 5.91 Å². The molecule has 6 heteroatoms. The van der Waals surface area contributed by atoms with E-state index in [1.165, 1.54) is 37.5 Å². The van der Waals surface area contributed by atoms with Crippen molar-refractivity contribution in [3.63, 3.8) is 0 Å². The highest BCUT2D eigenvalue weighted by Crippen LogP contribution is 2.33. The normalized spacial score (nSPS) is 10.3. The van der Waals surface area contributed by atoms with Gasteiger partial charge in [-0.1, -0.05) is 29.8 Å². The number of hydrogen-bond donors (Lipinski definition) is 2. The standard InChI is InChI=1S/C20H23NO5/c1-13-7-9-14(10-8-13)5-4-6-19(22)21-16-12-18(26-3)17(25-2)11-15(16)20(23)24/h7-12H,4-6H2,1-3H3,(H,21,22)(H,23,24). The Bertz CT molecular complexity index is 784. The fourth-order valence-electron chi connectivity index (χ4n) is 2.58. The van der Waals surface area contributed by atoms with Crippen molar-refractivity contribution in [1.29, 1.82) is 0 Å². The number of ether oxygens (including phenoxy) is 2. The zero-order valence-electron chi connectivity index (χ0n) is 15.2. The molecule has 0 unspecified atom stereocenters. The van der Waals surface area contributed by atoms with Crippen molar-refractivity contribution in [2.45, 2.75) is 26.2 Å². The van der Waals surface area contributed by atoms with Crippen LogP contribution in [0.25, 0.3) is 0 Å². The topological polar surface area (TPSA) is 84.9 Å². The third kappa shape index (κ3) is 4.99. The number of aromatic carboxylic acids is 1. The molecule has 0 aromatic heterocycles. The third-order valence-electron chi connectivity index (χ3n) is 4.02. The van der Waals surface area contributed by atoms with Crippen LogP contribution in [0.1, 0.15) is 34.3 Å². The van der Waals surface area contributed by atoms with Gasteiger partial charge in [0.15, 0.2) is 11.5 Å². The molecule has 2 N–H and O–H groups in total. The fraction of sp³-hybridized carbons (Fsp3) is 0.300. The zero-order valence-corrected chi connectivity index (χ0v) is 15.2. The van der Waals surface area contributed by atoms with Crippen LogP contribution in [0.2, 0.25) is 0 Å². The highest BCUT2D eigenvalue weighted by Gasteiger charge is 2.17. The molecular formula is C20H23NO5. The van der Waals surface area contributed by atoms with E-state index >= 15 is 0 Å². The van der Waals surface area contributed by atoms with E-state index < -0.39 is 5.97 Å². The first-order valence-corrected chi connectivity index (χ1v) is 8.29. The van der Waals surface area contributed by atoms with Crippen LogP contribution >= 0.6 is 0 Å². The summed E-state index contributed by atoms with van der Waals surface area (Å²) in [5, 5.41) is 12.0. The van der Waals surface area contributed by atoms with Gasteiger partial charge in [-0.05, 0) is 25.3 Å². The SMILES string of the molecule is COc1cc(NC(=O)CCCc2ccc(C)cc2)c(C(=O)O)cc1OC. The van der Waals surface area contributed by atoms with E-state index in [2.05, 4.69) is 5.32 Å². The quantitative estimate of drug-likeness (QED) is 0.753. The molecule has 0 aliphatic carbocycles. The van der Waals surface area contributed by atoms with E-state index in [1.54, 1.807) is 0 Å². The van der Waals surface area contributed by atoms with Gasteiger partial charge >= 0.3 is 5.97 Å². The van der Waals surface area contributed by atoms with Crippen molar-refractivity contribution < 1.29 is 24.2 Å². The van der Waals surface area contributed by atoms with Crippen LogP contribution in [0.4, 0.5) is 5.69 Å². The lowest BCUT2D eigenvalue weighted by Crippen LogP contribution is -2.15. The van der Waals surface area contributed by atoms with Gasteiger partial charge < -0.3 is 19.9 Å². The van der Waals surface area contributed by atoms with Gasteiger partial charge in [-0.25, -0.2) is 4.79 Å². The van der Waals surface area contributed by atoms with Gasteiger partial charge in [0.05, 0.1) is 25.5 Å². The van der Waals surface area contributed by atoms with Crippen molar-refractivity contribution in [3.8, 4) is 11.5 Å². The number of rotatable bonds is 8. The van der Waals surface area contributed by atoms with Crippen molar-refractivity contribution in [1.82, 2.24) is 0 Å². The second-order valence-corrected chi connectivity index (χ2v) is 5.95. The fourth-order valence-corrected chi connectivity index (χ4v) is 2.58. The molecule has 26 heavy (non-hydrogen) atoms. The number of nitrogens with one attached hydrogen (secondary N) is 1. The Kier molecular flexibility index (Phi) is 6.60. The Hall–Kier alpha value is -3.02. The predicted octanol–water partition coefficient (Wildman–Crippen LogP) is 3.67. The van der Waals surface area contributed by atoms with Crippen LogP contribution in [-0.2, 0) is 11.2 Å². The number of carboxylic acids is 1. The molecule has 0 aliphatic rings. The molecule has 0 radical (unpaired) electrons. The first kappa shape index (κ1) is 19.3. The smallest absolute Gasteiger partial charge is 0.337 e. The van der Waals surface area contributed by atoms with Crippen LogP contribution in [0.5, 0.6) is 11.5 Å². The number of hydrogen-bond acceptors (Lipinski definition) is 4. The monoisotopic (exact) mass is 357 g/mol. The van der Waals surface area contributed by atoms with E-state index in [-0.39, 0.29) is 17.2 Å². The summed E-state index contributed by atoms with van der Waals surface area (Å²) in [5.74, 6) is -0.748. The molecule has 0 bridgehead atoms. The second-order valence-electron chi connectivity index (χ2n) is 5.95. The maximum atomic E-state index is 12.2. The van der Waals surface area contributed by atoms with E-state index in [4.69, 9.17) is 9.47 Å². The highest BCUT2D eigenvalue weighted by atomic mass is 16.5. The molecule has 0 spiro atoms. The minimum absolute atomic E-state index is 0.0467. The molecule has 1 amide bonds. The van der Waals surface area contributed by atoms with Gasteiger partial charge in [0.1, 0.15) is 0 Å². The van der Waals surface area contributed by atoms with Crippen molar-refractivity contribution >= 4 is 17.6 Å². The number of amides is 1. The second kappa shape index (κ2) is 8.89. The summed E-state index contributed by atoms with van der Waals surface area (Å²) in [6, 6.07) is 11.0. The van der Waals surface area contributed by atoms with E-state index in [9.17, 15) is 14.7 Å². The lowest BCUT2D eigenvalue weighted by Gasteiger charge is -2.13. The maximum Gasteiger partial charge on any atom is 0.337 e. The van der Waals surface area contributed by atoms with Crippen LogP contribution in [0.3, 0.4) is 0 Å². The molecule has 0 saturated carbocycles. The summed E-state index contributed by atoms with van der Waals surface area (Å²) in [6.45, 7) is 2.03. The van der Waals surface area contributed by atoms with Crippen molar-refractivity contribution in [2.75, 3.05) is 19.5 Å². The number of benzene rings is 2. The predicted molar refractivity (Wildman–Crippen MR) is 99.3 cm³/mol. The summed E-state index contributed by atoms with van der Waals surface area (Å²) in [5.41, 5.74) is 2.51. The molecule has 2 aromatic rings. The minimum Gasteiger partial charge on any atom is -0.493 e. The van der Waals surface area contributed by atoms with Gasteiger partial charge in [0, 0.05) is 18.6 Å². The molecule has 0 atom stereocenters. The van der Waals surface area contributed by atoms with Crippen molar-refractivity contribution in [2.24, 2.45) is 0 Å².